The van der Waals surface area contributed by atoms with E-state index in [4.69, 9.17) is 0 Å². The molecule has 0 amide bonds. The van der Waals surface area contributed by atoms with Gasteiger partial charge in [-0.2, -0.15) is 0 Å². The van der Waals surface area contributed by atoms with Crippen LogP contribution < -0.4 is 10.6 Å². The highest BCUT2D eigenvalue weighted by Gasteiger charge is 2.09. The van der Waals surface area contributed by atoms with E-state index in [0.29, 0.717) is 6.04 Å². The van der Waals surface area contributed by atoms with Crippen LogP contribution >= 0.6 is 0 Å². The maximum Gasteiger partial charge on any atom is 0.0320 e. The van der Waals surface area contributed by atoms with Crippen LogP contribution in [0.25, 0.3) is 0 Å². The molecular weight excluding hydrogens is 184 g/mol. The van der Waals surface area contributed by atoms with Gasteiger partial charge in [0.15, 0.2) is 0 Å². The summed E-state index contributed by atoms with van der Waals surface area (Å²) in [5.74, 6) is 0. The largest absolute Gasteiger partial charge is 0.320 e. The van der Waals surface area contributed by atoms with Gasteiger partial charge in [0.1, 0.15) is 0 Å². The van der Waals surface area contributed by atoms with Gasteiger partial charge in [0.05, 0.1) is 0 Å². The van der Waals surface area contributed by atoms with Gasteiger partial charge >= 0.3 is 0 Å². The minimum absolute atomic E-state index is 0.486. The third-order valence-corrected chi connectivity index (χ3v) is 2.83. The van der Waals surface area contributed by atoms with Gasteiger partial charge in [-0.15, -0.1) is 0 Å². The molecular formula is C13H22N2. The molecule has 84 valence electrons. The zero-order valence-electron chi connectivity index (χ0n) is 10.0. The Hall–Kier alpha value is -0.860. The molecule has 0 fully saturated rings. The first-order valence-electron chi connectivity index (χ1n) is 5.67. The van der Waals surface area contributed by atoms with Crippen molar-refractivity contribution in [2.45, 2.75) is 25.8 Å². The second-order valence-corrected chi connectivity index (χ2v) is 3.94. The average molecular weight is 206 g/mol. The van der Waals surface area contributed by atoms with Gasteiger partial charge < -0.3 is 10.6 Å². The lowest BCUT2D eigenvalue weighted by molar-refractivity contribution is 0.516. The average Bonchev–Trinajstić information content (AvgIpc) is 2.26. The van der Waals surface area contributed by atoms with Gasteiger partial charge in [0.25, 0.3) is 0 Å². The van der Waals surface area contributed by atoms with Crippen LogP contribution in [0.2, 0.25) is 0 Å². The van der Waals surface area contributed by atoms with E-state index in [9.17, 15) is 0 Å². The molecule has 1 unspecified atom stereocenters. The Balaban J connectivity index is 2.61. The van der Waals surface area contributed by atoms with Gasteiger partial charge in [0.2, 0.25) is 0 Å². The van der Waals surface area contributed by atoms with Crippen molar-refractivity contribution in [2.75, 3.05) is 20.6 Å². The SMILES string of the molecule is CNCCCC(NC)c1ccccc1C. The van der Waals surface area contributed by atoms with E-state index in [1.165, 1.54) is 24.0 Å². The molecule has 0 saturated carbocycles. The molecule has 0 saturated heterocycles. The zero-order chi connectivity index (χ0) is 11.1. The highest BCUT2D eigenvalue weighted by Crippen LogP contribution is 2.20. The van der Waals surface area contributed by atoms with E-state index < -0.39 is 0 Å². The van der Waals surface area contributed by atoms with Crippen LogP contribution in [0.15, 0.2) is 24.3 Å². The Morgan fingerprint density at radius 1 is 1.20 bits per heavy atom. The molecule has 1 atom stereocenters. The van der Waals surface area contributed by atoms with Crippen LogP contribution in [0.4, 0.5) is 0 Å². The number of hydrogen-bond acceptors (Lipinski definition) is 2. The van der Waals surface area contributed by atoms with Crippen molar-refractivity contribution in [1.29, 1.82) is 0 Å². The summed E-state index contributed by atoms with van der Waals surface area (Å²) >= 11 is 0. The smallest absolute Gasteiger partial charge is 0.0320 e. The van der Waals surface area contributed by atoms with Gasteiger partial charge in [-0.1, -0.05) is 24.3 Å². The maximum absolute atomic E-state index is 3.39. The van der Waals surface area contributed by atoms with Crippen molar-refractivity contribution >= 4 is 0 Å². The molecule has 0 bridgehead atoms. The fourth-order valence-corrected chi connectivity index (χ4v) is 1.92. The minimum atomic E-state index is 0.486. The fraction of sp³-hybridized carbons (Fsp3) is 0.538. The molecule has 0 spiro atoms. The molecule has 1 aromatic carbocycles. The Morgan fingerprint density at radius 3 is 2.53 bits per heavy atom. The second-order valence-electron chi connectivity index (χ2n) is 3.94. The number of aryl methyl sites for hydroxylation is 1. The Bertz CT molecular complexity index is 284. The lowest BCUT2D eigenvalue weighted by atomic mass is 9.98. The van der Waals surface area contributed by atoms with Crippen molar-refractivity contribution < 1.29 is 0 Å². The summed E-state index contributed by atoms with van der Waals surface area (Å²) in [7, 11) is 4.04. The van der Waals surface area contributed by atoms with Gasteiger partial charge in [0, 0.05) is 6.04 Å². The lowest BCUT2D eigenvalue weighted by Gasteiger charge is -2.18. The van der Waals surface area contributed by atoms with Crippen LogP contribution in [0, 0.1) is 6.92 Å². The van der Waals surface area contributed by atoms with Crippen LogP contribution in [0.5, 0.6) is 0 Å². The van der Waals surface area contributed by atoms with Gasteiger partial charge in [-0.05, 0) is 51.5 Å². The molecule has 0 aliphatic heterocycles. The summed E-state index contributed by atoms with van der Waals surface area (Å²) in [6.45, 7) is 3.27. The molecule has 0 heterocycles. The maximum atomic E-state index is 3.39. The first-order valence-corrected chi connectivity index (χ1v) is 5.67. The third kappa shape index (κ3) is 3.65. The number of hydrogen-bond donors (Lipinski definition) is 2. The van der Waals surface area contributed by atoms with Gasteiger partial charge in [-0.25, -0.2) is 0 Å². The zero-order valence-corrected chi connectivity index (χ0v) is 10.0. The number of rotatable bonds is 6. The molecule has 0 aliphatic rings. The first kappa shape index (κ1) is 12.2. The molecule has 2 nitrogen and oxygen atoms in total. The first-order chi connectivity index (χ1) is 7.29. The van der Waals surface area contributed by atoms with Crippen molar-refractivity contribution in [3.8, 4) is 0 Å². The van der Waals surface area contributed by atoms with Crippen molar-refractivity contribution in [3.63, 3.8) is 0 Å². The summed E-state index contributed by atoms with van der Waals surface area (Å²) in [5.41, 5.74) is 2.80. The Morgan fingerprint density at radius 2 is 1.93 bits per heavy atom. The van der Waals surface area contributed by atoms with Crippen molar-refractivity contribution in [2.24, 2.45) is 0 Å². The standard InChI is InChI=1S/C13H22N2/c1-11-7-4-5-8-12(11)13(15-3)9-6-10-14-2/h4-5,7-8,13-15H,6,9-10H2,1-3H3. The topological polar surface area (TPSA) is 24.1 Å². The van der Waals surface area contributed by atoms with Crippen LogP contribution in [0.1, 0.15) is 30.0 Å². The fourth-order valence-electron chi connectivity index (χ4n) is 1.92. The molecule has 2 heteroatoms. The van der Waals surface area contributed by atoms with Crippen molar-refractivity contribution in [3.05, 3.63) is 35.4 Å². The van der Waals surface area contributed by atoms with E-state index in [-0.39, 0.29) is 0 Å². The lowest BCUT2D eigenvalue weighted by Crippen LogP contribution is -2.19. The number of benzene rings is 1. The molecule has 0 aliphatic carbocycles. The van der Waals surface area contributed by atoms with E-state index in [0.717, 1.165) is 6.54 Å². The van der Waals surface area contributed by atoms with Crippen LogP contribution in [-0.2, 0) is 0 Å². The molecule has 0 radical (unpaired) electrons. The molecule has 1 aromatic rings. The summed E-state index contributed by atoms with van der Waals surface area (Å²) in [6, 6.07) is 9.09. The third-order valence-electron chi connectivity index (χ3n) is 2.83. The Kier molecular flexibility index (Phi) is 5.37. The van der Waals surface area contributed by atoms with E-state index in [1.54, 1.807) is 0 Å². The Labute approximate surface area is 93.1 Å². The van der Waals surface area contributed by atoms with E-state index >= 15 is 0 Å². The molecule has 0 aromatic heterocycles. The predicted molar refractivity (Wildman–Crippen MR) is 66.1 cm³/mol. The van der Waals surface area contributed by atoms with Gasteiger partial charge in [-0.3, -0.25) is 0 Å². The van der Waals surface area contributed by atoms with E-state index in [1.807, 2.05) is 14.1 Å². The molecule has 1 rings (SSSR count). The predicted octanol–water partition coefficient (Wildman–Crippen LogP) is 2.26. The summed E-state index contributed by atoms with van der Waals surface area (Å²) < 4.78 is 0. The minimum Gasteiger partial charge on any atom is -0.320 e. The number of nitrogens with one attached hydrogen (secondary N) is 2. The summed E-state index contributed by atoms with van der Waals surface area (Å²) in [5, 5.41) is 6.58. The highest BCUT2D eigenvalue weighted by molar-refractivity contribution is 5.28. The highest BCUT2D eigenvalue weighted by atomic mass is 14.9. The quantitative estimate of drug-likeness (QED) is 0.698. The summed E-state index contributed by atoms with van der Waals surface area (Å²) in [6.07, 6.45) is 2.39. The summed E-state index contributed by atoms with van der Waals surface area (Å²) in [4.78, 5) is 0. The van der Waals surface area contributed by atoms with Crippen LogP contribution in [0.3, 0.4) is 0 Å². The van der Waals surface area contributed by atoms with E-state index in [2.05, 4.69) is 41.8 Å². The molecule has 2 N–H and O–H groups in total. The van der Waals surface area contributed by atoms with Crippen molar-refractivity contribution in [1.82, 2.24) is 10.6 Å². The second kappa shape index (κ2) is 6.59. The monoisotopic (exact) mass is 206 g/mol. The normalized spacial score (nSPS) is 12.7. The molecule has 15 heavy (non-hydrogen) atoms. The van der Waals surface area contributed by atoms with Crippen LogP contribution in [-0.4, -0.2) is 20.6 Å².